The van der Waals surface area contributed by atoms with Crippen molar-refractivity contribution in [3.8, 4) is 17.2 Å². The zero-order valence-electron chi connectivity index (χ0n) is 24.8. The van der Waals surface area contributed by atoms with Crippen LogP contribution in [0, 0.1) is 0 Å². The minimum absolute atomic E-state index is 0.0527. The summed E-state index contributed by atoms with van der Waals surface area (Å²) in [5, 5.41) is 0. The van der Waals surface area contributed by atoms with Crippen molar-refractivity contribution in [2.24, 2.45) is 4.99 Å². The standard InChI is InChI=1S/C33H29F3N2O6S/c1-5-43-31(40)28-19(2)37-32-38(29(28)21-10-12-24(41-3)13-11-21)30(39)27(45-32)16-20-9-14-26(42-4)22(15-20)18-44-25-8-6-7-23(17-25)33(34,35)36/h6-17,29H,5,18H2,1-4H3/b27-16-/t29-/m0/s1. The first-order valence-electron chi connectivity index (χ1n) is 13.8. The van der Waals surface area contributed by atoms with Gasteiger partial charge < -0.3 is 18.9 Å². The maximum absolute atomic E-state index is 13.9. The highest BCUT2D eigenvalue weighted by Crippen LogP contribution is 2.33. The summed E-state index contributed by atoms with van der Waals surface area (Å²) in [5.41, 5.74) is 1.41. The first kappa shape index (κ1) is 31.6. The van der Waals surface area contributed by atoms with E-state index in [4.69, 9.17) is 18.9 Å². The number of esters is 1. The first-order chi connectivity index (χ1) is 21.5. The zero-order chi connectivity index (χ0) is 32.3. The van der Waals surface area contributed by atoms with Gasteiger partial charge in [0.1, 0.15) is 23.9 Å². The van der Waals surface area contributed by atoms with Crippen molar-refractivity contribution in [2.75, 3.05) is 20.8 Å². The van der Waals surface area contributed by atoms with Crippen molar-refractivity contribution in [1.29, 1.82) is 0 Å². The summed E-state index contributed by atoms with van der Waals surface area (Å²) in [6, 6.07) is 16.1. The molecule has 1 aromatic heterocycles. The summed E-state index contributed by atoms with van der Waals surface area (Å²) in [4.78, 5) is 32.0. The molecule has 4 aromatic rings. The number of methoxy groups -OCH3 is 2. The molecule has 0 saturated carbocycles. The number of aromatic nitrogens is 1. The minimum atomic E-state index is -4.50. The number of thiazole rings is 1. The summed E-state index contributed by atoms with van der Waals surface area (Å²) in [6.07, 6.45) is -2.81. The summed E-state index contributed by atoms with van der Waals surface area (Å²) in [6.45, 7) is 3.50. The number of hydrogen-bond donors (Lipinski definition) is 0. The Balaban J connectivity index is 1.54. The molecule has 0 radical (unpaired) electrons. The van der Waals surface area contributed by atoms with Gasteiger partial charge in [0.05, 0.1) is 48.2 Å². The number of ether oxygens (including phenoxy) is 4. The van der Waals surface area contributed by atoms with Gasteiger partial charge >= 0.3 is 12.1 Å². The van der Waals surface area contributed by atoms with Gasteiger partial charge in [-0.05, 0) is 73.5 Å². The fraction of sp³-hybridized carbons (Fsp3) is 0.242. The lowest BCUT2D eigenvalue weighted by molar-refractivity contribution is -0.139. The smallest absolute Gasteiger partial charge is 0.416 e. The average molecular weight is 639 g/mol. The molecular weight excluding hydrogens is 609 g/mol. The molecule has 1 atom stereocenters. The van der Waals surface area contributed by atoms with Crippen LogP contribution in [0.5, 0.6) is 17.2 Å². The van der Waals surface area contributed by atoms with Crippen LogP contribution >= 0.6 is 11.3 Å². The number of fused-ring (bicyclic) bond motifs is 1. The quantitative estimate of drug-likeness (QED) is 0.228. The molecule has 2 heterocycles. The Bertz CT molecular complexity index is 1940. The maximum Gasteiger partial charge on any atom is 0.416 e. The molecule has 0 saturated heterocycles. The van der Waals surface area contributed by atoms with E-state index in [2.05, 4.69) is 4.99 Å². The molecule has 1 aliphatic heterocycles. The Kier molecular flexibility index (Phi) is 9.14. The van der Waals surface area contributed by atoms with Gasteiger partial charge in [-0.3, -0.25) is 9.36 Å². The van der Waals surface area contributed by atoms with Gasteiger partial charge in [0.25, 0.3) is 5.56 Å². The molecule has 1 aliphatic rings. The van der Waals surface area contributed by atoms with Crippen LogP contribution in [0.15, 0.2) is 87.8 Å². The number of nitrogens with zero attached hydrogens (tertiary/aromatic N) is 2. The van der Waals surface area contributed by atoms with Gasteiger partial charge in [0, 0.05) is 5.56 Å². The number of carbonyl (C=O) groups is 1. The topological polar surface area (TPSA) is 88.4 Å². The molecular formula is C33H29F3N2O6S. The Morgan fingerprint density at radius 1 is 1.02 bits per heavy atom. The minimum Gasteiger partial charge on any atom is -0.497 e. The lowest BCUT2D eigenvalue weighted by Gasteiger charge is -2.24. The normalized spacial score (nSPS) is 14.9. The molecule has 0 N–H and O–H groups in total. The van der Waals surface area contributed by atoms with E-state index in [1.165, 1.54) is 35.1 Å². The van der Waals surface area contributed by atoms with Crippen LogP contribution in [0.1, 0.15) is 42.1 Å². The maximum atomic E-state index is 13.9. The number of carbonyl (C=O) groups excluding carboxylic acids is 1. The van der Waals surface area contributed by atoms with Gasteiger partial charge in [-0.25, -0.2) is 9.79 Å². The molecule has 0 spiro atoms. The molecule has 3 aromatic carbocycles. The molecule has 12 heteroatoms. The third-order valence-corrected chi connectivity index (χ3v) is 8.09. The average Bonchev–Trinajstić information content (AvgIpc) is 3.32. The number of benzene rings is 3. The molecule has 0 unspecified atom stereocenters. The van der Waals surface area contributed by atoms with Crippen LogP contribution in [0.2, 0.25) is 0 Å². The van der Waals surface area contributed by atoms with E-state index in [9.17, 15) is 22.8 Å². The molecule has 8 nitrogen and oxygen atoms in total. The van der Waals surface area contributed by atoms with Crippen LogP contribution < -0.4 is 29.1 Å². The van der Waals surface area contributed by atoms with Crippen LogP contribution in [-0.4, -0.2) is 31.4 Å². The fourth-order valence-corrected chi connectivity index (χ4v) is 6.02. The van der Waals surface area contributed by atoms with Crippen molar-refractivity contribution in [3.05, 3.63) is 120 Å². The number of allylic oxidation sites excluding steroid dienone is 1. The molecule has 0 aliphatic carbocycles. The lowest BCUT2D eigenvalue weighted by atomic mass is 9.96. The van der Waals surface area contributed by atoms with E-state index in [0.29, 0.717) is 43.2 Å². The predicted molar refractivity (Wildman–Crippen MR) is 162 cm³/mol. The molecule has 234 valence electrons. The third kappa shape index (κ3) is 6.65. The Morgan fingerprint density at radius 3 is 2.44 bits per heavy atom. The number of alkyl halides is 3. The van der Waals surface area contributed by atoms with E-state index in [0.717, 1.165) is 12.1 Å². The van der Waals surface area contributed by atoms with Crippen molar-refractivity contribution in [1.82, 2.24) is 4.57 Å². The van der Waals surface area contributed by atoms with Crippen LogP contribution in [0.4, 0.5) is 13.2 Å². The Hall–Kier alpha value is -4.84. The monoisotopic (exact) mass is 638 g/mol. The highest BCUT2D eigenvalue weighted by Gasteiger charge is 2.33. The second kappa shape index (κ2) is 13.0. The molecule has 5 rings (SSSR count). The molecule has 0 fully saturated rings. The largest absolute Gasteiger partial charge is 0.497 e. The van der Waals surface area contributed by atoms with Crippen LogP contribution in [-0.2, 0) is 22.3 Å². The SMILES string of the molecule is CCOC(=O)C1=C(C)N=c2s/c(=C\c3ccc(OC)c(COc4cccc(C(F)(F)F)c4)c3)c(=O)n2[C@H]1c1ccc(OC)cc1. The third-order valence-electron chi connectivity index (χ3n) is 7.11. The summed E-state index contributed by atoms with van der Waals surface area (Å²) < 4.78 is 63.1. The molecule has 0 bridgehead atoms. The van der Waals surface area contributed by atoms with Crippen LogP contribution in [0.25, 0.3) is 6.08 Å². The van der Waals surface area contributed by atoms with Gasteiger partial charge in [0.2, 0.25) is 0 Å². The number of halogens is 3. The predicted octanol–water partition coefficient (Wildman–Crippen LogP) is 5.41. The van der Waals surface area contributed by atoms with Crippen molar-refractivity contribution in [3.63, 3.8) is 0 Å². The second-order valence-electron chi connectivity index (χ2n) is 9.96. The van der Waals surface area contributed by atoms with Crippen molar-refractivity contribution in [2.45, 2.75) is 32.7 Å². The first-order valence-corrected chi connectivity index (χ1v) is 14.7. The van der Waals surface area contributed by atoms with E-state index in [-0.39, 0.29) is 30.1 Å². The zero-order valence-corrected chi connectivity index (χ0v) is 25.6. The Labute approximate surface area is 260 Å². The van der Waals surface area contributed by atoms with Crippen molar-refractivity contribution < 1.29 is 36.9 Å². The van der Waals surface area contributed by atoms with Gasteiger partial charge in [-0.15, -0.1) is 0 Å². The van der Waals surface area contributed by atoms with Gasteiger partial charge in [-0.1, -0.05) is 35.6 Å². The van der Waals surface area contributed by atoms with Crippen LogP contribution in [0.3, 0.4) is 0 Å². The van der Waals surface area contributed by atoms with Crippen molar-refractivity contribution >= 4 is 23.4 Å². The second-order valence-corrected chi connectivity index (χ2v) is 11.0. The lowest BCUT2D eigenvalue weighted by Crippen LogP contribution is -2.39. The summed E-state index contributed by atoms with van der Waals surface area (Å²) >= 11 is 1.17. The van der Waals surface area contributed by atoms with Gasteiger partial charge in [-0.2, -0.15) is 13.2 Å². The highest BCUT2D eigenvalue weighted by atomic mass is 32.1. The van der Waals surface area contributed by atoms with E-state index >= 15 is 0 Å². The summed E-state index contributed by atoms with van der Waals surface area (Å²) in [7, 11) is 3.03. The summed E-state index contributed by atoms with van der Waals surface area (Å²) in [5.74, 6) is 0.581. The number of rotatable bonds is 9. The molecule has 45 heavy (non-hydrogen) atoms. The van der Waals surface area contributed by atoms with E-state index in [1.807, 2.05) is 0 Å². The number of hydrogen-bond acceptors (Lipinski definition) is 8. The highest BCUT2D eigenvalue weighted by molar-refractivity contribution is 7.07. The Morgan fingerprint density at radius 2 is 1.78 bits per heavy atom. The van der Waals surface area contributed by atoms with Gasteiger partial charge in [0.15, 0.2) is 4.80 Å². The molecule has 0 amide bonds. The van der Waals surface area contributed by atoms with E-state index in [1.54, 1.807) is 69.5 Å². The van der Waals surface area contributed by atoms with E-state index < -0.39 is 23.8 Å². The fourth-order valence-electron chi connectivity index (χ4n) is 4.97.